The maximum Gasteiger partial charge on any atom is 0.164 e. The van der Waals surface area contributed by atoms with Gasteiger partial charge in [0.1, 0.15) is 0 Å². The van der Waals surface area contributed by atoms with Gasteiger partial charge in [-0.05, 0) is 36.6 Å². The van der Waals surface area contributed by atoms with Crippen LogP contribution < -0.4 is 14.8 Å². The summed E-state index contributed by atoms with van der Waals surface area (Å²) < 4.78 is 11.2. The van der Waals surface area contributed by atoms with Crippen LogP contribution in [-0.2, 0) is 19.5 Å². The van der Waals surface area contributed by atoms with Crippen molar-refractivity contribution in [3.63, 3.8) is 0 Å². The average molecular weight is 382 g/mol. The Bertz CT molecular complexity index is 689. The van der Waals surface area contributed by atoms with Crippen LogP contribution in [0.5, 0.6) is 11.5 Å². The molecule has 2 aromatic rings. The van der Waals surface area contributed by atoms with Crippen LogP contribution in [0.25, 0.3) is 0 Å². The van der Waals surface area contributed by atoms with Gasteiger partial charge in [-0.3, -0.25) is 0 Å². The Hall–Kier alpha value is -1.68. The van der Waals surface area contributed by atoms with Crippen molar-refractivity contribution in [3.8, 4) is 11.5 Å². The Balaban J connectivity index is 0.00000312. The summed E-state index contributed by atoms with van der Waals surface area (Å²) in [6, 6.07) is 12.0. The summed E-state index contributed by atoms with van der Waals surface area (Å²) in [6.07, 6.45) is 2.61. The first-order valence-electron chi connectivity index (χ1n) is 8.07. The first-order valence-corrected chi connectivity index (χ1v) is 8.45. The molecule has 0 amide bonds. The largest absolute Gasteiger partial charge is 0.493 e. The van der Waals surface area contributed by atoms with Crippen LogP contribution in [0, 0.1) is 0 Å². The second-order valence-electron chi connectivity index (χ2n) is 5.41. The molecule has 0 aliphatic heterocycles. The van der Waals surface area contributed by atoms with Gasteiger partial charge in [0.25, 0.3) is 0 Å². The van der Waals surface area contributed by atoms with Gasteiger partial charge in [0.05, 0.1) is 13.7 Å². The lowest BCUT2D eigenvalue weighted by Crippen LogP contribution is -2.13. The van der Waals surface area contributed by atoms with E-state index in [9.17, 15) is 0 Å². The molecule has 0 heterocycles. The van der Waals surface area contributed by atoms with Gasteiger partial charge in [-0.2, -0.15) is 0 Å². The molecular formula is C20H25Cl2NO2. The minimum Gasteiger partial charge on any atom is -0.493 e. The number of methoxy groups -OCH3 is 1. The first-order chi connectivity index (χ1) is 11.7. The van der Waals surface area contributed by atoms with Crippen LogP contribution in [0.1, 0.15) is 23.6 Å². The number of nitrogens with one attached hydrogen (secondary N) is 1. The number of ether oxygens (including phenoxy) is 2. The molecule has 0 bridgehead atoms. The molecule has 136 valence electrons. The molecule has 0 radical (unpaired) electrons. The van der Waals surface area contributed by atoms with E-state index in [4.69, 9.17) is 21.1 Å². The summed E-state index contributed by atoms with van der Waals surface area (Å²) in [6.45, 7) is 7.83. The molecule has 1 N–H and O–H groups in total. The maximum atomic E-state index is 6.19. The molecule has 0 aromatic heterocycles. The molecule has 5 heteroatoms. The highest BCUT2D eigenvalue weighted by atomic mass is 35.5. The topological polar surface area (TPSA) is 30.5 Å². The molecule has 0 atom stereocenters. The second kappa shape index (κ2) is 11.0. The van der Waals surface area contributed by atoms with Crippen molar-refractivity contribution in [1.29, 1.82) is 0 Å². The third-order valence-corrected chi connectivity index (χ3v) is 4.04. The summed E-state index contributed by atoms with van der Waals surface area (Å²) in [5.74, 6) is 1.56. The number of allylic oxidation sites excluding steroid dienone is 1. The van der Waals surface area contributed by atoms with Gasteiger partial charge >= 0.3 is 0 Å². The monoisotopic (exact) mass is 381 g/mol. The third-order valence-electron chi connectivity index (χ3n) is 3.67. The zero-order valence-electron chi connectivity index (χ0n) is 14.7. The Morgan fingerprint density at radius 2 is 1.92 bits per heavy atom. The smallest absolute Gasteiger partial charge is 0.164 e. The normalized spacial score (nSPS) is 10.0. The van der Waals surface area contributed by atoms with E-state index in [1.54, 1.807) is 7.11 Å². The SMILES string of the molecule is C=CCc1cc(CNCc2ccccc2Cl)cc(OC)c1OCC.Cl. The van der Waals surface area contributed by atoms with E-state index in [-0.39, 0.29) is 12.4 Å². The molecule has 3 nitrogen and oxygen atoms in total. The molecule has 0 saturated heterocycles. The second-order valence-corrected chi connectivity index (χ2v) is 5.81. The molecule has 25 heavy (non-hydrogen) atoms. The number of rotatable bonds is 9. The fourth-order valence-electron chi connectivity index (χ4n) is 2.58. The quantitative estimate of drug-likeness (QED) is 0.606. The third kappa shape index (κ3) is 5.96. The number of hydrogen-bond donors (Lipinski definition) is 1. The van der Waals surface area contributed by atoms with Gasteiger partial charge in [0, 0.05) is 23.7 Å². The fourth-order valence-corrected chi connectivity index (χ4v) is 2.78. The van der Waals surface area contributed by atoms with Gasteiger partial charge in [-0.1, -0.05) is 41.9 Å². The molecule has 0 saturated carbocycles. The summed E-state index contributed by atoms with van der Waals surface area (Å²) in [4.78, 5) is 0. The lowest BCUT2D eigenvalue weighted by Gasteiger charge is -2.16. The van der Waals surface area contributed by atoms with Gasteiger partial charge < -0.3 is 14.8 Å². The Morgan fingerprint density at radius 3 is 2.56 bits per heavy atom. The number of hydrogen-bond acceptors (Lipinski definition) is 3. The Labute approximate surface area is 161 Å². The van der Waals surface area contributed by atoms with Crippen LogP contribution in [0.2, 0.25) is 5.02 Å². The molecule has 0 unspecified atom stereocenters. The van der Waals surface area contributed by atoms with Gasteiger partial charge in [0.15, 0.2) is 11.5 Å². The van der Waals surface area contributed by atoms with Crippen LogP contribution in [0.15, 0.2) is 49.1 Å². The summed E-state index contributed by atoms with van der Waals surface area (Å²) in [7, 11) is 1.66. The predicted octanol–water partition coefficient (Wildman–Crippen LogP) is 5.19. The summed E-state index contributed by atoms with van der Waals surface area (Å²) in [5.41, 5.74) is 3.31. The molecule has 0 aliphatic rings. The van der Waals surface area contributed by atoms with Gasteiger partial charge in [-0.25, -0.2) is 0 Å². The van der Waals surface area contributed by atoms with Crippen molar-refractivity contribution < 1.29 is 9.47 Å². The number of halogens is 2. The van der Waals surface area contributed by atoms with E-state index in [0.29, 0.717) is 13.2 Å². The van der Waals surface area contributed by atoms with Crippen molar-refractivity contribution in [3.05, 3.63) is 70.8 Å². The molecular weight excluding hydrogens is 357 g/mol. The minimum atomic E-state index is 0. The zero-order valence-corrected chi connectivity index (χ0v) is 16.3. The van der Waals surface area contributed by atoms with E-state index >= 15 is 0 Å². The number of benzene rings is 2. The van der Waals surface area contributed by atoms with E-state index in [2.05, 4.69) is 18.0 Å². The predicted molar refractivity (Wildman–Crippen MR) is 107 cm³/mol. The highest BCUT2D eigenvalue weighted by Crippen LogP contribution is 2.33. The fraction of sp³-hybridized carbons (Fsp3) is 0.300. The standard InChI is InChI=1S/C20H24ClNO2.ClH/c1-4-8-16-11-15(12-19(23-3)20(16)24-5-2)13-22-14-17-9-6-7-10-18(17)21;/h4,6-7,9-12,22H,1,5,8,13-14H2,2-3H3;1H. The molecule has 0 spiro atoms. The maximum absolute atomic E-state index is 6.19. The molecule has 2 aromatic carbocycles. The van der Waals surface area contributed by atoms with E-state index in [1.807, 2.05) is 43.3 Å². The lowest BCUT2D eigenvalue weighted by molar-refractivity contribution is 0.308. The van der Waals surface area contributed by atoms with Crippen molar-refractivity contribution in [1.82, 2.24) is 5.32 Å². The Morgan fingerprint density at radius 1 is 1.16 bits per heavy atom. The van der Waals surface area contributed by atoms with Gasteiger partial charge in [0.2, 0.25) is 0 Å². The van der Waals surface area contributed by atoms with Crippen molar-refractivity contribution in [2.75, 3.05) is 13.7 Å². The van der Waals surface area contributed by atoms with E-state index in [0.717, 1.165) is 46.2 Å². The van der Waals surface area contributed by atoms with Crippen molar-refractivity contribution in [2.45, 2.75) is 26.4 Å². The summed E-state index contributed by atoms with van der Waals surface area (Å²) in [5, 5.41) is 4.20. The van der Waals surface area contributed by atoms with E-state index in [1.165, 1.54) is 0 Å². The molecule has 2 rings (SSSR count). The van der Waals surface area contributed by atoms with Crippen molar-refractivity contribution in [2.24, 2.45) is 0 Å². The highest BCUT2D eigenvalue weighted by Gasteiger charge is 2.12. The van der Waals surface area contributed by atoms with Crippen LogP contribution in [0.4, 0.5) is 0 Å². The highest BCUT2D eigenvalue weighted by molar-refractivity contribution is 6.31. The lowest BCUT2D eigenvalue weighted by atomic mass is 10.1. The average Bonchev–Trinajstić information content (AvgIpc) is 2.59. The van der Waals surface area contributed by atoms with Crippen LogP contribution >= 0.6 is 24.0 Å². The zero-order chi connectivity index (χ0) is 17.4. The van der Waals surface area contributed by atoms with E-state index < -0.39 is 0 Å². The minimum absolute atomic E-state index is 0. The van der Waals surface area contributed by atoms with Crippen molar-refractivity contribution >= 4 is 24.0 Å². The first kappa shape index (κ1) is 21.4. The molecule has 0 fully saturated rings. The Kier molecular flexibility index (Phi) is 9.43. The van der Waals surface area contributed by atoms with Gasteiger partial charge in [-0.15, -0.1) is 19.0 Å². The summed E-state index contributed by atoms with van der Waals surface area (Å²) >= 11 is 6.19. The molecule has 0 aliphatic carbocycles. The van der Waals surface area contributed by atoms with Crippen LogP contribution in [-0.4, -0.2) is 13.7 Å². The van der Waals surface area contributed by atoms with Crippen LogP contribution in [0.3, 0.4) is 0 Å².